The Bertz CT molecular complexity index is 210. The lowest BCUT2D eigenvalue weighted by atomic mass is 10.1. The van der Waals surface area contributed by atoms with E-state index >= 15 is 0 Å². The maximum absolute atomic E-state index is 5.48. The summed E-state index contributed by atoms with van der Waals surface area (Å²) in [6.07, 6.45) is 4.44. The fourth-order valence-corrected chi connectivity index (χ4v) is 2.34. The van der Waals surface area contributed by atoms with Gasteiger partial charge < -0.3 is 11.5 Å². The topological polar surface area (TPSA) is 52.0 Å². The Hall–Kier alpha value is -0.380. The van der Waals surface area contributed by atoms with Crippen molar-refractivity contribution in [2.75, 3.05) is 13.1 Å². The molecule has 1 rings (SSSR count). The largest absolute Gasteiger partial charge is 0.330 e. The molecular weight excluding hydrogens is 180 g/mol. The number of nitrogens with two attached hydrogens (primary N) is 2. The number of hydrogen-bond donors (Lipinski definition) is 2. The first-order valence-electron chi connectivity index (χ1n) is 4.84. The fourth-order valence-electron chi connectivity index (χ4n) is 1.36. The molecule has 13 heavy (non-hydrogen) atoms. The number of thiophene rings is 1. The summed E-state index contributed by atoms with van der Waals surface area (Å²) in [6.45, 7) is 1.57. The van der Waals surface area contributed by atoms with Gasteiger partial charge in [-0.1, -0.05) is 0 Å². The van der Waals surface area contributed by atoms with Crippen LogP contribution in [-0.2, 0) is 12.8 Å². The third-order valence-electron chi connectivity index (χ3n) is 2.10. The molecule has 0 bridgehead atoms. The van der Waals surface area contributed by atoms with E-state index in [1.165, 1.54) is 10.4 Å². The first-order chi connectivity index (χ1) is 6.38. The molecule has 0 amide bonds. The zero-order valence-corrected chi connectivity index (χ0v) is 8.78. The monoisotopic (exact) mass is 198 g/mol. The Morgan fingerprint density at radius 1 is 1.08 bits per heavy atom. The lowest BCUT2D eigenvalue weighted by Gasteiger charge is -2.01. The molecule has 0 atom stereocenters. The average Bonchev–Trinajstić information content (AvgIpc) is 2.59. The molecule has 0 aromatic carbocycles. The lowest BCUT2D eigenvalue weighted by molar-refractivity contribution is 0.802. The molecule has 0 saturated heterocycles. The second-order valence-corrected chi connectivity index (χ2v) is 4.15. The van der Waals surface area contributed by atoms with Crippen molar-refractivity contribution in [2.45, 2.75) is 25.7 Å². The van der Waals surface area contributed by atoms with E-state index in [0.29, 0.717) is 0 Å². The van der Waals surface area contributed by atoms with Crippen LogP contribution in [-0.4, -0.2) is 13.1 Å². The second-order valence-electron chi connectivity index (χ2n) is 3.15. The van der Waals surface area contributed by atoms with Crippen molar-refractivity contribution >= 4 is 11.3 Å². The Balaban J connectivity index is 2.45. The van der Waals surface area contributed by atoms with Gasteiger partial charge in [-0.05, 0) is 55.8 Å². The zero-order valence-electron chi connectivity index (χ0n) is 7.96. The van der Waals surface area contributed by atoms with Crippen LogP contribution in [0.5, 0.6) is 0 Å². The molecule has 0 aliphatic rings. The van der Waals surface area contributed by atoms with Crippen LogP contribution in [0.2, 0.25) is 0 Å². The van der Waals surface area contributed by atoms with Crippen LogP contribution in [0.3, 0.4) is 0 Å². The van der Waals surface area contributed by atoms with Gasteiger partial charge in [0.25, 0.3) is 0 Å². The highest BCUT2D eigenvalue weighted by Gasteiger charge is 2.02. The molecule has 3 heteroatoms. The average molecular weight is 198 g/mol. The van der Waals surface area contributed by atoms with Crippen molar-refractivity contribution in [1.82, 2.24) is 0 Å². The number of rotatable bonds is 6. The van der Waals surface area contributed by atoms with Crippen LogP contribution in [0.4, 0.5) is 0 Å². The summed E-state index contributed by atoms with van der Waals surface area (Å²) < 4.78 is 0. The van der Waals surface area contributed by atoms with Crippen molar-refractivity contribution in [2.24, 2.45) is 11.5 Å². The van der Waals surface area contributed by atoms with Gasteiger partial charge in [0.2, 0.25) is 0 Å². The summed E-state index contributed by atoms with van der Waals surface area (Å²) >= 11 is 1.84. The first-order valence-corrected chi connectivity index (χ1v) is 5.72. The molecule has 1 aromatic rings. The third kappa shape index (κ3) is 3.46. The van der Waals surface area contributed by atoms with Gasteiger partial charge in [-0.2, -0.15) is 0 Å². The van der Waals surface area contributed by atoms with Crippen LogP contribution in [0, 0.1) is 0 Å². The molecule has 0 aliphatic carbocycles. The molecule has 0 fully saturated rings. The van der Waals surface area contributed by atoms with Gasteiger partial charge >= 0.3 is 0 Å². The molecule has 1 heterocycles. The number of hydrogen-bond acceptors (Lipinski definition) is 3. The minimum absolute atomic E-state index is 0.784. The zero-order chi connectivity index (χ0) is 9.52. The molecule has 0 radical (unpaired) electrons. The molecule has 0 spiro atoms. The lowest BCUT2D eigenvalue weighted by Crippen LogP contribution is -2.03. The SMILES string of the molecule is NCCCc1ccsc1CCCN. The molecule has 0 aliphatic heterocycles. The Morgan fingerprint density at radius 2 is 1.77 bits per heavy atom. The van der Waals surface area contributed by atoms with Gasteiger partial charge in [0.05, 0.1) is 0 Å². The Morgan fingerprint density at radius 3 is 2.46 bits per heavy atom. The quantitative estimate of drug-likeness (QED) is 0.728. The summed E-state index contributed by atoms with van der Waals surface area (Å²) in [5.41, 5.74) is 12.4. The van der Waals surface area contributed by atoms with Gasteiger partial charge in [0.15, 0.2) is 0 Å². The number of aryl methyl sites for hydroxylation is 2. The van der Waals surface area contributed by atoms with E-state index in [1.54, 1.807) is 0 Å². The predicted molar refractivity (Wildman–Crippen MR) is 59.1 cm³/mol. The van der Waals surface area contributed by atoms with Crippen molar-refractivity contribution < 1.29 is 0 Å². The second kappa shape index (κ2) is 6.13. The maximum Gasteiger partial charge on any atom is 0.00777 e. The van der Waals surface area contributed by atoms with Crippen molar-refractivity contribution in [3.05, 3.63) is 21.9 Å². The molecule has 4 N–H and O–H groups in total. The van der Waals surface area contributed by atoms with Crippen molar-refractivity contribution in [3.63, 3.8) is 0 Å². The molecule has 74 valence electrons. The van der Waals surface area contributed by atoms with E-state index in [1.807, 2.05) is 11.3 Å². The highest BCUT2D eigenvalue weighted by molar-refractivity contribution is 7.10. The third-order valence-corrected chi connectivity index (χ3v) is 3.12. The van der Waals surface area contributed by atoms with E-state index in [-0.39, 0.29) is 0 Å². The van der Waals surface area contributed by atoms with Crippen molar-refractivity contribution in [1.29, 1.82) is 0 Å². The summed E-state index contributed by atoms with van der Waals surface area (Å²) in [4.78, 5) is 1.50. The highest BCUT2D eigenvalue weighted by Crippen LogP contribution is 2.19. The van der Waals surface area contributed by atoms with Gasteiger partial charge in [0, 0.05) is 4.88 Å². The predicted octanol–water partition coefficient (Wildman–Crippen LogP) is 1.53. The fraction of sp³-hybridized carbons (Fsp3) is 0.600. The molecule has 0 unspecified atom stereocenters. The molecule has 1 aromatic heterocycles. The van der Waals surface area contributed by atoms with Crippen LogP contribution in [0.25, 0.3) is 0 Å². The Kier molecular flexibility index (Phi) is 5.05. The van der Waals surface area contributed by atoms with Gasteiger partial charge in [-0.15, -0.1) is 11.3 Å². The van der Waals surface area contributed by atoms with Crippen LogP contribution >= 0.6 is 11.3 Å². The van der Waals surface area contributed by atoms with Gasteiger partial charge in [-0.25, -0.2) is 0 Å². The standard InChI is InChI=1S/C10H18N2S/c11-6-1-3-9-5-8-13-10(9)4-2-7-12/h5,8H,1-4,6-7,11-12H2. The smallest absolute Gasteiger partial charge is 0.00777 e. The van der Waals surface area contributed by atoms with Gasteiger partial charge in [-0.3, -0.25) is 0 Å². The Labute approximate surface area is 83.9 Å². The van der Waals surface area contributed by atoms with Gasteiger partial charge in [0.1, 0.15) is 0 Å². The highest BCUT2D eigenvalue weighted by atomic mass is 32.1. The first kappa shape index (κ1) is 10.7. The van der Waals surface area contributed by atoms with Crippen LogP contribution < -0.4 is 11.5 Å². The minimum atomic E-state index is 0.784. The minimum Gasteiger partial charge on any atom is -0.330 e. The molecular formula is C10H18N2S. The summed E-state index contributed by atoms with van der Waals surface area (Å²) in [5.74, 6) is 0. The van der Waals surface area contributed by atoms with Crippen LogP contribution in [0.1, 0.15) is 23.3 Å². The summed E-state index contributed by atoms with van der Waals surface area (Å²) in [7, 11) is 0. The summed E-state index contributed by atoms with van der Waals surface area (Å²) in [5, 5.41) is 2.16. The van der Waals surface area contributed by atoms with Crippen molar-refractivity contribution in [3.8, 4) is 0 Å². The normalized spacial score (nSPS) is 10.6. The summed E-state index contributed by atoms with van der Waals surface area (Å²) in [6, 6.07) is 2.21. The molecule has 0 saturated carbocycles. The van der Waals surface area contributed by atoms with E-state index in [2.05, 4.69) is 11.4 Å². The molecule has 2 nitrogen and oxygen atoms in total. The van der Waals surface area contributed by atoms with Crippen LogP contribution in [0.15, 0.2) is 11.4 Å². The maximum atomic E-state index is 5.48. The van der Waals surface area contributed by atoms with E-state index in [0.717, 1.165) is 38.8 Å². The van der Waals surface area contributed by atoms with E-state index in [4.69, 9.17) is 11.5 Å². The van der Waals surface area contributed by atoms with E-state index in [9.17, 15) is 0 Å². The van der Waals surface area contributed by atoms with E-state index < -0.39 is 0 Å².